The molecule has 2 rings (SSSR count). The first-order valence-electron chi connectivity index (χ1n) is 8.20. The standard InChI is InChI=1S/C20H27IOSi/c1-19(2,3)14-15-20(21,22-23)18(16-10-6-4-7-11-16)17-12-8-5-9-13-17/h4-13,18H,14-15H2,1-3,23H3. The summed E-state index contributed by atoms with van der Waals surface area (Å²) >= 11 is 2.56. The van der Waals surface area contributed by atoms with Crippen LogP contribution in [0, 0.1) is 5.41 Å². The summed E-state index contributed by atoms with van der Waals surface area (Å²) in [6.45, 7) is 6.91. The van der Waals surface area contributed by atoms with Gasteiger partial charge in [0.15, 0.2) is 0 Å². The summed E-state index contributed by atoms with van der Waals surface area (Å²) in [6.07, 6.45) is 2.20. The molecule has 0 bridgehead atoms. The van der Waals surface area contributed by atoms with Gasteiger partial charge in [-0.2, -0.15) is 0 Å². The molecule has 2 aromatic rings. The van der Waals surface area contributed by atoms with Gasteiger partial charge in [-0.3, -0.25) is 0 Å². The molecule has 124 valence electrons. The number of rotatable bonds is 6. The van der Waals surface area contributed by atoms with Crippen LogP contribution >= 0.6 is 22.6 Å². The molecule has 0 amide bonds. The highest BCUT2D eigenvalue weighted by molar-refractivity contribution is 14.1. The van der Waals surface area contributed by atoms with Crippen LogP contribution in [0.4, 0.5) is 0 Å². The highest BCUT2D eigenvalue weighted by atomic mass is 127. The Balaban J connectivity index is 2.43. The van der Waals surface area contributed by atoms with E-state index in [2.05, 4.69) is 104 Å². The van der Waals surface area contributed by atoms with Gasteiger partial charge in [0, 0.05) is 5.92 Å². The van der Waals surface area contributed by atoms with E-state index in [-0.39, 0.29) is 9.53 Å². The van der Waals surface area contributed by atoms with Gasteiger partial charge in [-0.1, -0.05) is 81.4 Å². The maximum Gasteiger partial charge on any atom is 0.147 e. The first kappa shape index (κ1) is 18.7. The Bertz CT molecular complexity index is 555. The highest BCUT2D eigenvalue weighted by Crippen LogP contribution is 2.46. The van der Waals surface area contributed by atoms with Crippen molar-refractivity contribution in [2.75, 3.05) is 0 Å². The Hall–Kier alpha value is -0.653. The van der Waals surface area contributed by atoms with E-state index in [4.69, 9.17) is 4.43 Å². The SMILES string of the molecule is CC(C)(C)CCC(I)(O[SiH3])C(c1ccccc1)c1ccccc1. The Morgan fingerprint density at radius 1 is 0.870 bits per heavy atom. The van der Waals surface area contributed by atoms with E-state index in [1.165, 1.54) is 11.1 Å². The number of alkyl halides is 1. The normalized spacial score (nSPS) is 14.8. The molecule has 0 N–H and O–H groups in total. The quantitative estimate of drug-likeness (QED) is 0.348. The highest BCUT2D eigenvalue weighted by Gasteiger charge is 2.38. The fourth-order valence-electron chi connectivity index (χ4n) is 2.89. The molecule has 0 aliphatic heterocycles. The van der Waals surface area contributed by atoms with Crippen LogP contribution in [0.2, 0.25) is 0 Å². The van der Waals surface area contributed by atoms with Crippen molar-refractivity contribution in [3.05, 3.63) is 71.8 Å². The number of halogens is 1. The lowest BCUT2D eigenvalue weighted by Gasteiger charge is -2.38. The number of hydrogen-bond donors (Lipinski definition) is 0. The van der Waals surface area contributed by atoms with E-state index in [0.717, 1.165) is 23.3 Å². The fourth-order valence-corrected chi connectivity index (χ4v) is 4.32. The average molecular weight is 438 g/mol. The first-order chi connectivity index (χ1) is 10.9. The predicted molar refractivity (Wildman–Crippen MR) is 111 cm³/mol. The molecule has 23 heavy (non-hydrogen) atoms. The molecule has 3 heteroatoms. The molecular formula is C20H27IOSi. The Morgan fingerprint density at radius 3 is 1.65 bits per heavy atom. The number of benzene rings is 2. The molecule has 1 atom stereocenters. The van der Waals surface area contributed by atoms with Gasteiger partial charge < -0.3 is 4.43 Å². The summed E-state index contributed by atoms with van der Waals surface area (Å²) < 4.78 is 6.04. The zero-order valence-corrected chi connectivity index (χ0v) is 18.7. The van der Waals surface area contributed by atoms with Crippen molar-refractivity contribution >= 4 is 33.1 Å². The molecular weight excluding hydrogens is 411 g/mol. The van der Waals surface area contributed by atoms with Crippen LogP contribution in [0.1, 0.15) is 50.7 Å². The second kappa shape index (κ2) is 7.95. The third kappa shape index (κ3) is 5.16. The van der Waals surface area contributed by atoms with E-state index < -0.39 is 0 Å². The summed E-state index contributed by atoms with van der Waals surface area (Å²) in [4.78, 5) is 0. The van der Waals surface area contributed by atoms with Crippen molar-refractivity contribution in [1.29, 1.82) is 0 Å². The summed E-state index contributed by atoms with van der Waals surface area (Å²) in [5.74, 6) is 0.255. The minimum atomic E-state index is -0.194. The monoisotopic (exact) mass is 438 g/mol. The second-order valence-corrected chi connectivity index (χ2v) is 9.54. The fraction of sp³-hybridized carbons (Fsp3) is 0.400. The molecule has 0 aliphatic rings. The van der Waals surface area contributed by atoms with E-state index in [9.17, 15) is 0 Å². The van der Waals surface area contributed by atoms with E-state index >= 15 is 0 Å². The summed E-state index contributed by atoms with van der Waals surface area (Å²) in [6, 6.07) is 21.6. The zero-order chi connectivity index (χ0) is 16.9. The summed E-state index contributed by atoms with van der Waals surface area (Å²) in [5.41, 5.74) is 2.98. The number of hydrogen-bond acceptors (Lipinski definition) is 1. The molecule has 0 heterocycles. The molecule has 0 fully saturated rings. The third-order valence-corrected chi connectivity index (χ3v) is 7.41. The predicted octanol–water partition coefficient (Wildman–Crippen LogP) is 5.07. The van der Waals surface area contributed by atoms with Crippen LogP contribution in [0.5, 0.6) is 0 Å². The molecule has 2 aromatic carbocycles. The van der Waals surface area contributed by atoms with Crippen molar-refractivity contribution < 1.29 is 4.43 Å². The summed E-state index contributed by atoms with van der Waals surface area (Å²) in [5, 5.41) is 0. The second-order valence-electron chi connectivity index (χ2n) is 7.31. The van der Waals surface area contributed by atoms with Crippen molar-refractivity contribution in [1.82, 2.24) is 0 Å². The van der Waals surface area contributed by atoms with Crippen molar-refractivity contribution in [3.63, 3.8) is 0 Å². The van der Waals surface area contributed by atoms with Gasteiger partial charge in [0.05, 0.1) is 0 Å². The molecule has 0 spiro atoms. The van der Waals surface area contributed by atoms with E-state index in [1.807, 2.05) is 0 Å². The molecule has 0 saturated heterocycles. The Labute approximate surface area is 157 Å². The van der Waals surface area contributed by atoms with Crippen molar-refractivity contribution in [3.8, 4) is 0 Å². The molecule has 0 aromatic heterocycles. The lowest BCUT2D eigenvalue weighted by molar-refractivity contribution is 0.150. The van der Waals surface area contributed by atoms with E-state index in [1.54, 1.807) is 0 Å². The van der Waals surface area contributed by atoms with Gasteiger partial charge in [-0.15, -0.1) is 0 Å². The molecule has 0 saturated carbocycles. The Morgan fingerprint density at radius 2 is 1.30 bits per heavy atom. The third-order valence-electron chi connectivity index (χ3n) is 4.25. The molecule has 1 unspecified atom stereocenters. The van der Waals surface area contributed by atoms with Gasteiger partial charge in [0.25, 0.3) is 0 Å². The van der Waals surface area contributed by atoms with Gasteiger partial charge in [0.2, 0.25) is 0 Å². The van der Waals surface area contributed by atoms with Crippen LogP contribution in [0.15, 0.2) is 60.7 Å². The topological polar surface area (TPSA) is 9.23 Å². The molecule has 0 aliphatic carbocycles. The van der Waals surface area contributed by atoms with Crippen LogP contribution in [-0.4, -0.2) is 14.1 Å². The summed E-state index contributed by atoms with van der Waals surface area (Å²) in [7, 11) is 0.740. The van der Waals surface area contributed by atoms with Gasteiger partial charge in [0.1, 0.15) is 14.1 Å². The van der Waals surface area contributed by atoms with E-state index in [0.29, 0.717) is 5.41 Å². The van der Waals surface area contributed by atoms with Gasteiger partial charge >= 0.3 is 0 Å². The van der Waals surface area contributed by atoms with Crippen LogP contribution in [0.3, 0.4) is 0 Å². The minimum Gasteiger partial charge on any atom is -0.413 e. The zero-order valence-electron chi connectivity index (χ0n) is 14.6. The maximum absolute atomic E-state index is 6.23. The maximum atomic E-state index is 6.23. The first-order valence-corrected chi connectivity index (χ1v) is 10.1. The lowest BCUT2D eigenvalue weighted by atomic mass is 9.81. The lowest BCUT2D eigenvalue weighted by Crippen LogP contribution is -2.34. The minimum absolute atomic E-state index is 0.194. The van der Waals surface area contributed by atoms with Crippen molar-refractivity contribution in [2.24, 2.45) is 5.41 Å². The molecule has 1 nitrogen and oxygen atoms in total. The Kier molecular flexibility index (Phi) is 6.46. The largest absolute Gasteiger partial charge is 0.413 e. The average Bonchev–Trinajstić information content (AvgIpc) is 2.55. The smallest absolute Gasteiger partial charge is 0.147 e. The van der Waals surface area contributed by atoms with Crippen LogP contribution < -0.4 is 0 Å². The van der Waals surface area contributed by atoms with Crippen LogP contribution in [-0.2, 0) is 4.43 Å². The van der Waals surface area contributed by atoms with Gasteiger partial charge in [-0.25, -0.2) is 0 Å². The molecule has 0 radical (unpaired) electrons. The van der Waals surface area contributed by atoms with Crippen LogP contribution in [0.25, 0.3) is 0 Å². The van der Waals surface area contributed by atoms with Gasteiger partial charge in [-0.05, 0) is 52.0 Å². The van der Waals surface area contributed by atoms with Crippen molar-refractivity contribution in [2.45, 2.75) is 43.1 Å².